The fourth-order valence-corrected chi connectivity index (χ4v) is 5.99. The molecule has 1 aliphatic rings. The van der Waals surface area contributed by atoms with Gasteiger partial charge >= 0.3 is 12.4 Å². The summed E-state index contributed by atoms with van der Waals surface area (Å²) in [6, 6.07) is 10.0. The van der Waals surface area contributed by atoms with Gasteiger partial charge in [0.25, 0.3) is 11.5 Å². The smallest absolute Gasteiger partial charge is 0.330 e. The third-order valence-electron chi connectivity index (χ3n) is 7.91. The number of carbonyl (C=O) groups is 1. The lowest BCUT2D eigenvalue weighted by Gasteiger charge is -2.34. The highest BCUT2D eigenvalue weighted by Crippen LogP contribution is 2.36. The van der Waals surface area contributed by atoms with Crippen LogP contribution in [0.5, 0.6) is 0 Å². The maximum Gasteiger partial charge on any atom is 0.435 e. The topological polar surface area (TPSA) is 90.8 Å². The molecule has 0 unspecified atom stereocenters. The summed E-state index contributed by atoms with van der Waals surface area (Å²) in [4.78, 5) is 33.6. The van der Waals surface area contributed by atoms with Crippen LogP contribution in [0.2, 0.25) is 0 Å². The highest BCUT2D eigenvalue weighted by Gasteiger charge is 2.38. The number of nitrogens with zero attached hydrogens (tertiary/aromatic N) is 7. The van der Waals surface area contributed by atoms with Gasteiger partial charge in [-0.1, -0.05) is 28.1 Å². The van der Waals surface area contributed by atoms with Crippen molar-refractivity contribution in [2.24, 2.45) is 7.05 Å². The first-order valence-electron chi connectivity index (χ1n) is 14.1. The molecule has 2 aromatic carbocycles. The van der Waals surface area contributed by atoms with Gasteiger partial charge in [-0.05, 0) is 62.2 Å². The zero-order valence-electron chi connectivity index (χ0n) is 24.9. The summed E-state index contributed by atoms with van der Waals surface area (Å²) in [5.74, 6) is -0.977. The molecule has 244 valence electrons. The predicted molar refractivity (Wildman–Crippen MR) is 161 cm³/mol. The fraction of sp³-hybridized carbons (Fsp3) is 0.258. The Balaban J connectivity index is 1.47. The van der Waals surface area contributed by atoms with Crippen LogP contribution in [0, 0.1) is 6.92 Å². The first kappa shape index (κ1) is 32.2. The molecule has 47 heavy (non-hydrogen) atoms. The minimum absolute atomic E-state index is 0.00446. The number of amides is 1. The van der Waals surface area contributed by atoms with Gasteiger partial charge in [-0.25, -0.2) is 14.2 Å². The summed E-state index contributed by atoms with van der Waals surface area (Å²) in [5, 5.41) is 7.87. The number of aromatic nitrogens is 6. The van der Waals surface area contributed by atoms with Gasteiger partial charge in [0.05, 0.1) is 29.7 Å². The number of aryl methyl sites for hydroxylation is 2. The van der Waals surface area contributed by atoms with Crippen molar-refractivity contribution in [1.29, 1.82) is 0 Å². The summed E-state index contributed by atoms with van der Waals surface area (Å²) in [7, 11) is 1.76. The van der Waals surface area contributed by atoms with Crippen molar-refractivity contribution in [1.82, 2.24) is 34.0 Å². The molecule has 0 saturated carbocycles. The van der Waals surface area contributed by atoms with Gasteiger partial charge < -0.3 is 4.90 Å². The molecule has 0 radical (unpaired) electrons. The Labute approximate surface area is 271 Å². The molecule has 0 bridgehead atoms. The van der Waals surface area contributed by atoms with Crippen LogP contribution >= 0.6 is 15.9 Å². The van der Waals surface area contributed by atoms with Crippen LogP contribution in [0.3, 0.4) is 0 Å². The number of rotatable bonds is 4. The van der Waals surface area contributed by atoms with E-state index >= 15 is 0 Å². The van der Waals surface area contributed by atoms with E-state index in [9.17, 15) is 35.9 Å². The third kappa shape index (κ3) is 5.97. The summed E-state index contributed by atoms with van der Waals surface area (Å²) < 4.78 is 85.2. The van der Waals surface area contributed by atoms with Gasteiger partial charge in [0, 0.05) is 46.1 Å². The number of benzene rings is 2. The number of halogens is 7. The lowest BCUT2D eigenvalue weighted by atomic mass is 9.98. The van der Waals surface area contributed by atoms with E-state index < -0.39 is 41.1 Å². The van der Waals surface area contributed by atoms with Crippen LogP contribution in [0.15, 0.2) is 70.2 Å². The quantitative estimate of drug-likeness (QED) is 0.198. The lowest BCUT2D eigenvalue weighted by Crippen LogP contribution is -2.46. The number of carbonyl (C=O) groups excluding carboxylic acids is 1. The second kappa shape index (κ2) is 11.5. The van der Waals surface area contributed by atoms with Crippen LogP contribution in [0.25, 0.3) is 22.8 Å². The van der Waals surface area contributed by atoms with Crippen molar-refractivity contribution >= 4 is 21.8 Å². The van der Waals surface area contributed by atoms with Crippen molar-refractivity contribution in [2.75, 3.05) is 0 Å². The van der Waals surface area contributed by atoms with Crippen LogP contribution in [-0.4, -0.2) is 46.0 Å². The zero-order valence-corrected chi connectivity index (χ0v) is 26.4. The number of fused-ring (bicyclic) bond motifs is 1. The Hall–Kier alpha value is -4.73. The van der Waals surface area contributed by atoms with Gasteiger partial charge in [0.15, 0.2) is 5.69 Å². The average molecular weight is 720 g/mol. The van der Waals surface area contributed by atoms with E-state index in [1.165, 1.54) is 22.5 Å². The van der Waals surface area contributed by atoms with E-state index in [0.29, 0.717) is 5.69 Å². The highest BCUT2D eigenvalue weighted by molar-refractivity contribution is 9.10. The van der Waals surface area contributed by atoms with Gasteiger partial charge in [0.2, 0.25) is 5.95 Å². The summed E-state index contributed by atoms with van der Waals surface area (Å²) in [5.41, 5.74) is -0.789. The van der Waals surface area contributed by atoms with Crippen LogP contribution in [0.4, 0.5) is 26.3 Å². The van der Waals surface area contributed by atoms with Crippen molar-refractivity contribution < 1.29 is 31.1 Å². The van der Waals surface area contributed by atoms with E-state index in [1.54, 1.807) is 55.3 Å². The molecule has 0 aliphatic carbocycles. The van der Waals surface area contributed by atoms with Crippen LogP contribution in [-0.2, 0) is 32.4 Å². The molecular weight excluding hydrogens is 696 g/mol. The SMILES string of the molecule is Cc1cc(C(F)(F)F)nn1-c1nc2c(c(=O)n1-c1ccc(-c3cnn(C)c3)cc1)C[C@@H](C)N(C(=O)c1ccc(Br)c(C(F)(F)F)c1)C2. The molecule has 0 spiro atoms. The Kier molecular flexibility index (Phi) is 7.89. The van der Waals surface area contributed by atoms with Gasteiger partial charge in [0.1, 0.15) is 0 Å². The van der Waals surface area contributed by atoms with Gasteiger partial charge in [-0.15, -0.1) is 0 Å². The Bertz CT molecular complexity index is 2080. The molecule has 0 N–H and O–H groups in total. The van der Waals surface area contributed by atoms with Gasteiger partial charge in [-0.2, -0.15) is 36.5 Å². The fourth-order valence-electron chi connectivity index (χ4n) is 5.52. The van der Waals surface area contributed by atoms with E-state index in [-0.39, 0.29) is 45.9 Å². The van der Waals surface area contributed by atoms with Crippen LogP contribution in [0.1, 0.15) is 45.5 Å². The summed E-state index contributed by atoms with van der Waals surface area (Å²) in [6.45, 7) is 2.76. The van der Waals surface area contributed by atoms with E-state index in [1.807, 2.05) is 0 Å². The molecule has 16 heteroatoms. The molecular formula is C31H24BrF6N7O2. The Morgan fingerprint density at radius 1 is 0.979 bits per heavy atom. The molecule has 4 heterocycles. The molecule has 1 aliphatic heterocycles. The predicted octanol–water partition coefficient (Wildman–Crippen LogP) is 6.51. The molecule has 3 aromatic heterocycles. The van der Waals surface area contributed by atoms with Crippen molar-refractivity contribution in [3.63, 3.8) is 0 Å². The minimum Gasteiger partial charge on any atom is -0.330 e. The monoisotopic (exact) mass is 719 g/mol. The van der Waals surface area contributed by atoms with Crippen LogP contribution < -0.4 is 5.56 Å². The van der Waals surface area contributed by atoms with E-state index in [0.717, 1.165) is 34.0 Å². The maximum absolute atomic E-state index is 14.2. The summed E-state index contributed by atoms with van der Waals surface area (Å²) in [6.07, 6.45) is -6.05. The Morgan fingerprint density at radius 2 is 1.68 bits per heavy atom. The molecule has 6 rings (SSSR count). The first-order chi connectivity index (χ1) is 22.0. The van der Waals surface area contributed by atoms with E-state index in [4.69, 9.17) is 0 Å². The van der Waals surface area contributed by atoms with Crippen molar-refractivity contribution in [3.05, 3.63) is 110 Å². The first-order valence-corrected chi connectivity index (χ1v) is 14.9. The van der Waals surface area contributed by atoms with Crippen molar-refractivity contribution in [2.45, 2.75) is 45.2 Å². The molecule has 1 amide bonds. The van der Waals surface area contributed by atoms with Gasteiger partial charge in [-0.3, -0.25) is 14.3 Å². The lowest BCUT2D eigenvalue weighted by molar-refractivity contribution is -0.141. The zero-order chi connectivity index (χ0) is 34.0. The Morgan fingerprint density at radius 3 is 2.28 bits per heavy atom. The number of hydrogen-bond donors (Lipinski definition) is 0. The maximum atomic E-state index is 14.2. The molecule has 5 aromatic rings. The second-order valence-electron chi connectivity index (χ2n) is 11.2. The summed E-state index contributed by atoms with van der Waals surface area (Å²) >= 11 is 2.87. The normalized spacial score (nSPS) is 15.2. The third-order valence-corrected chi connectivity index (χ3v) is 8.60. The molecule has 1 atom stereocenters. The second-order valence-corrected chi connectivity index (χ2v) is 12.0. The number of alkyl halides is 6. The van der Waals surface area contributed by atoms with Crippen molar-refractivity contribution in [3.8, 4) is 22.8 Å². The highest BCUT2D eigenvalue weighted by atomic mass is 79.9. The average Bonchev–Trinajstić information content (AvgIpc) is 3.62. The van der Waals surface area contributed by atoms with E-state index in [2.05, 4.69) is 31.1 Å². The molecule has 0 saturated heterocycles. The molecule has 0 fully saturated rings. The number of hydrogen-bond acceptors (Lipinski definition) is 5. The standard InChI is InChI=1S/C31H24BrF6N7O2/c1-16-10-22-25(15-43(16)27(46)19-6-9-24(32)23(12-19)30(33,34)35)40-29(45-17(2)11-26(41-45)31(36,37)38)44(28(22)47)21-7-4-18(5-8-21)20-13-39-42(3)14-20/h4-9,11-14,16H,10,15H2,1-3H3/t16-/m1/s1. The minimum atomic E-state index is -4.78. The largest absolute Gasteiger partial charge is 0.435 e. The molecule has 9 nitrogen and oxygen atoms in total.